The Balaban J connectivity index is 2.03. The fourth-order valence-corrected chi connectivity index (χ4v) is 3.04. The molecule has 0 spiro atoms. The zero-order valence-corrected chi connectivity index (χ0v) is 13.7. The lowest BCUT2D eigenvalue weighted by molar-refractivity contribution is 0.0526. The Morgan fingerprint density at radius 2 is 1.74 bits per heavy atom. The van der Waals surface area contributed by atoms with Gasteiger partial charge in [0.25, 0.3) is 0 Å². The van der Waals surface area contributed by atoms with Crippen molar-refractivity contribution < 1.29 is 23.0 Å². The van der Waals surface area contributed by atoms with Crippen molar-refractivity contribution in [2.24, 2.45) is 0 Å². The fraction of sp³-hybridized carbons (Fsp3) is 0.188. The van der Waals surface area contributed by atoms with Crippen LogP contribution in [-0.2, 0) is 9.30 Å². The van der Waals surface area contributed by atoms with Gasteiger partial charge in [-0.2, -0.15) is 0 Å². The Hall–Kier alpha value is -2.33. The number of esters is 1. The molecule has 23 heavy (non-hydrogen) atoms. The summed E-state index contributed by atoms with van der Waals surface area (Å²) in [7, 11) is -3.19. The van der Waals surface area contributed by atoms with E-state index in [1.54, 1.807) is 31.2 Å². The van der Waals surface area contributed by atoms with Crippen molar-refractivity contribution in [1.29, 1.82) is 0 Å². The van der Waals surface area contributed by atoms with Crippen molar-refractivity contribution in [3.8, 4) is 5.75 Å². The molecule has 2 aromatic carbocycles. The molecule has 0 heterocycles. The molecule has 0 fully saturated rings. The molecule has 2 aromatic rings. The Bertz CT molecular complexity index is 716. The maximum Gasteiger partial charge on any atom is 0.338 e. The van der Waals surface area contributed by atoms with Gasteiger partial charge in [-0.15, -0.1) is 0 Å². The van der Waals surface area contributed by atoms with Gasteiger partial charge >= 0.3 is 13.5 Å². The van der Waals surface area contributed by atoms with Crippen molar-refractivity contribution in [3.63, 3.8) is 0 Å². The minimum Gasteiger partial charge on any atom is -0.462 e. The first-order valence-corrected chi connectivity index (χ1v) is 9.05. The minimum atomic E-state index is -3.19. The molecule has 0 bridgehead atoms. The lowest BCUT2D eigenvalue weighted by atomic mass is 10.2. The van der Waals surface area contributed by atoms with Crippen LogP contribution in [-0.4, -0.2) is 19.2 Å². The quantitative estimate of drug-likeness (QED) is 0.628. The SMILES string of the molecule is CCOC(=O)c1ccc(N[P@](C)(=O)Oc2ccc(F)cc2)cc1. The Kier molecular flexibility index (Phi) is 5.40. The average molecular weight is 337 g/mol. The Morgan fingerprint density at radius 1 is 1.13 bits per heavy atom. The number of ether oxygens (including phenoxy) is 1. The molecule has 1 atom stereocenters. The molecule has 0 unspecified atom stereocenters. The highest BCUT2D eigenvalue weighted by Gasteiger charge is 2.17. The van der Waals surface area contributed by atoms with Gasteiger partial charge < -0.3 is 14.3 Å². The Labute approximate surface area is 133 Å². The summed E-state index contributed by atoms with van der Waals surface area (Å²) in [5.74, 6) is -0.514. The van der Waals surface area contributed by atoms with Crippen LogP contribution in [0.3, 0.4) is 0 Å². The molecule has 5 nitrogen and oxygen atoms in total. The predicted molar refractivity (Wildman–Crippen MR) is 86.6 cm³/mol. The van der Waals surface area contributed by atoms with Crippen LogP contribution in [0, 0.1) is 5.82 Å². The highest BCUT2D eigenvalue weighted by atomic mass is 31.2. The first-order valence-electron chi connectivity index (χ1n) is 6.98. The zero-order chi connectivity index (χ0) is 16.9. The highest BCUT2D eigenvalue weighted by Crippen LogP contribution is 2.43. The van der Waals surface area contributed by atoms with E-state index in [-0.39, 0.29) is 0 Å². The van der Waals surface area contributed by atoms with Crippen LogP contribution in [0.5, 0.6) is 5.75 Å². The Morgan fingerprint density at radius 3 is 2.30 bits per heavy atom. The van der Waals surface area contributed by atoms with Crippen LogP contribution in [0.1, 0.15) is 17.3 Å². The van der Waals surface area contributed by atoms with E-state index in [1.165, 1.54) is 30.9 Å². The monoisotopic (exact) mass is 337 g/mol. The lowest BCUT2D eigenvalue weighted by Gasteiger charge is -2.17. The highest BCUT2D eigenvalue weighted by molar-refractivity contribution is 7.60. The molecule has 0 radical (unpaired) electrons. The molecule has 0 amide bonds. The number of hydrogen-bond donors (Lipinski definition) is 1. The van der Waals surface area contributed by atoms with Crippen molar-refractivity contribution in [2.75, 3.05) is 18.4 Å². The molecule has 0 aliphatic carbocycles. The normalized spacial score (nSPS) is 13.0. The maximum absolute atomic E-state index is 12.8. The van der Waals surface area contributed by atoms with Crippen molar-refractivity contribution >= 4 is 19.2 Å². The maximum atomic E-state index is 12.8. The van der Waals surface area contributed by atoms with Crippen molar-refractivity contribution in [2.45, 2.75) is 6.92 Å². The number of carbonyl (C=O) groups is 1. The molecule has 122 valence electrons. The number of rotatable bonds is 6. The van der Waals surface area contributed by atoms with E-state index >= 15 is 0 Å². The second kappa shape index (κ2) is 7.29. The summed E-state index contributed by atoms with van der Waals surface area (Å²) in [5.41, 5.74) is 0.939. The van der Waals surface area contributed by atoms with Crippen LogP contribution in [0.4, 0.5) is 10.1 Å². The lowest BCUT2D eigenvalue weighted by Crippen LogP contribution is -2.05. The van der Waals surface area contributed by atoms with E-state index in [0.29, 0.717) is 23.6 Å². The molecule has 0 aliphatic rings. The molecule has 0 saturated carbocycles. The topological polar surface area (TPSA) is 64.6 Å². The van der Waals surface area contributed by atoms with E-state index in [4.69, 9.17) is 9.26 Å². The van der Waals surface area contributed by atoms with Gasteiger partial charge in [0.15, 0.2) is 0 Å². The van der Waals surface area contributed by atoms with Gasteiger partial charge in [0.1, 0.15) is 11.6 Å². The fourth-order valence-electron chi connectivity index (χ4n) is 1.85. The predicted octanol–water partition coefficient (Wildman–Crippen LogP) is 4.32. The number of carbonyl (C=O) groups excluding carboxylic acids is 1. The van der Waals surface area contributed by atoms with Crippen molar-refractivity contribution in [3.05, 3.63) is 59.9 Å². The second-order valence-electron chi connectivity index (χ2n) is 4.80. The summed E-state index contributed by atoms with van der Waals surface area (Å²) >= 11 is 0. The van der Waals surface area contributed by atoms with E-state index in [2.05, 4.69) is 5.09 Å². The third-order valence-electron chi connectivity index (χ3n) is 2.82. The van der Waals surface area contributed by atoms with E-state index in [9.17, 15) is 13.8 Å². The third kappa shape index (κ3) is 5.11. The van der Waals surface area contributed by atoms with Crippen LogP contribution >= 0.6 is 7.52 Å². The van der Waals surface area contributed by atoms with Gasteiger partial charge in [-0.1, -0.05) is 0 Å². The van der Waals surface area contributed by atoms with Gasteiger partial charge in [0.2, 0.25) is 0 Å². The molecule has 0 saturated heterocycles. The van der Waals surface area contributed by atoms with Crippen LogP contribution in [0.2, 0.25) is 0 Å². The van der Waals surface area contributed by atoms with E-state index in [1.807, 2.05) is 0 Å². The summed E-state index contributed by atoms with van der Waals surface area (Å²) in [6.07, 6.45) is 0. The molecule has 0 aliphatic heterocycles. The summed E-state index contributed by atoms with van der Waals surface area (Å²) in [4.78, 5) is 11.6. The van der Waals surface area contributed by atoms with Crippen LogP contribution in [0.25, 0.3) is 0 Å². The number of nitrogens with one attached hydrogen (secondary N) is 1. The number of benzene rings is 2. The third-order valence-corrected chi connectivity index (χ3v) is 4.05. The van der Waals surface area contributed by atoms with E-state index < -0.39 is 19.3 Å². The first-order chi connectivity index (χ1) is 10.9. The molecule has 7 heteroatoms. The number of hydrogen-bond acceptors (Lipinski definition) is 4. The largest absolute Gasteiger partial charge is 0.462 e. The molecule has 2 rings (SSSR count). The van der Waals surface area contributed by atoms with Gasteiger partial charge in [-0.3, -0.25) is 4.57 Å². The smallest absolute Gasteiger partial charge is 0.338 e. The molecular formula is C16H17FNO4P. The second-order valence-corrected chi connectivity index (χ2v) is 6.90. The molecule has 0 aromatic heterocycles. The summed E-state index contributed by atoms with van der Waals surface area (Å²) in [6.45, 7) is 3.44. The standard InChI is InChI=1S/C16H17FNO4P/c1-3-21-16(19)12-4-8-14(9-5-12)18-23(2,20)22-15-10-6-13(17)7-11-15/h4-11H,3H2,1-2H3,(H,18,20)/t23-/m1/s1. The first kappa shape index (κ1) is 17.0. The summed E-state index contributed by atoms with van der Waals surface area (Å²) in [6, 6.07) is 11.6. The van der Waals surface area contributed by atoms with Gasteiger partial charge in [-0.05, 0) is 55.5 Å². The van der Waals surface area contributed by atoms with Crippen LogP contribution < -0.4 is 9.61 Å². The van der Waals surface area contributed by atoms with Crippen LogP contribution in [0.15, 0.2) is 48.5 Å². The van der Waals surface area contributed by atoms with E-state index in [0.717, 1.165) is 0 Å². The summed E-state index contributed by atoms with van der Waals surface area (Å²) in [5, 5.41) is 2.77. The zero-order valence-electron chi connectivity index (χ0n) is 12.8. The van der Waals surface area contributed by atoms with Crippen molar-refractivity contribution in [1.82, 2.24) is 0 Å². The molecular weight excluding hydrogens is 320 g/mol. The van der Waals surface area contributed by atoms with Gasteiger partial charge in [0.05, 0.1) is 12.2 Å². The van der Waals surface area contributed by atoms with Gasteiger partial charge in [0, 0.05) is 12.4 Å². The minimum absolute atomic E-state index is 0.299. The molecule has 1 N–H and O–H groups in total. The number of halogens is 1. The number of anilines is 1. The van der Waals surface area contributed by atoms with Gasteiger partial charge in [-0.25, -0.2) is 9.18 Å². The average Bonchev–Trinajstić information content (AvgIpc) is 2.50. The summed E-state index contributed by atoms with van der Waals surface area (Å²) < 4.78 is 35.5.